The molecule has 0 radical (unpaired) electrons. The maximum absolute atomic E-state index is 10.5. The molecule has 0 bridgehead atoms. The van der Waals surface area contributed by atoms with Crippen molar-refractivity contribution < 1.29 is 9.84 Å². The number of aliphatic hydroxyl groups is 1. The third-order valence-corrected chi connectivity index (χ3v) is 6.19. The van der Waals surface area contributed by atoms with Gasteiger partial charge in [-0.1, -0.05) is 0 Å². The number of nitrogens with zero attached hydrogens (tertiary/aromatic N) is 1. The normalized spacial score (nSPS) is 34.0. The Bertz CT molecular complexity index is 415. The van der Waals surface area contributed by atoms with Gasteiger partial charge in [0.25, 0.3) is 0 Å². The van der Waals surface area contributed by atoms with E-state index >= 15 is 0 Å². The zero-order valence-corrected chi connectivity index (χ0v) is 12.2. The standard InChI is InChI=1S/C13H19NO2S2/c1-9-7-18-12(14-9)11(15)10-2-4-16-13(6-10)3-5-17-8-13/h7,10-11,15H,2-6,8H2,1H3. The molecule has 1 N–H and O–H groups in total. The molecule has 1 aromatic heterocycles. The van der Waals surface area contributed by atoms with Gasteiger partial charge in [-0.05, 0) is 37.9 Å². The van der Waals surface area contributed by atoms with E-state index in [-0.39, 0.29) is 5.60 Å². The SMILES string of the molecule is Cc1csc(C(O)C2CCOC3(CCSC3)C2)n1. The Morgan fingerprint density at radius 3 is 3.17 bits per heavy atom. The lowest BCUT2D eigenvalue weighted by Crippen LogP contribution is -2.41. The molecular formula is C13H19NO2S2. The number of aryl methyl sites for hydroxylation is 1. The van der Waals surface area contributed by atoms with Crippen LogP contribution in [0.3, 0.4) is 0 Å². The molecule has 2 saturated heterocycles. The molecule has 2 fully saturated rings. The van der Waals surface area contributed by atoms with Crippen LogP contribution >= 0.6 is 23.1 Å². The summed E-state index contributed by atoms with van der Waals surface area (Å²) in [7, 11) is 0. The average Bonchev–Trinajstić information content (AvgIpc) is 2.98. The third kappa shape index (κ3) is 2.46. The topological polar surface area (TPSA) is 42.4 Å². The number of hydrogen-bond acceptors (Lipinski definition) is 5. The zero-order valence-electron chi connectivity index (χ0n) is 10.6. The Morgan fingerprint density at radius 2 is 2.50 bits per heavy atom. The van der Waals surface area contributed by atoms with E-state index in [2.05, 4.69) is 4.98 Å². The van der Waals surface area contributed by atoms with Crippen LogP contribution in [0.2, 0.25) is 0 Å². The van der Waals surface area contributed by atoms with Gasteiger partial charge in [0.1, 0.15) is 11.1 Å². The molecule has 18 heavy (non-hydrogen) atoms. The largest absolute Gasteiger partial charge is 0.386 e. The molecule has 2 aliphatic rings. The quantitative estimate of drug-likeness (QED) is 0.907. The van der Waals surface area contributed by atoms with Crippen LogP contribution < -0.4 is 0 Å². The van der Waals surface area contributed by atoms with Gasteiger partial charge in [0.05, 0.1) is 5.60 Å². The second-order valence-electron chi connectivity index (χ2n) is 5.36. The molecule has 0 aliphatic carbocycles. The van der Waals surface area contributed by atoms with Crippen LogP contribution in [-0.4, -0.2) is 33.8 Å². The second kappa shape index (κ2) is 5.12. The van der Waals surface area contributed by atoms with E-state index in [4.69, 9.17) is 4.74 Å². The van der Waals surface area contributed by atoms with Crippen LogP contribution in [0.25, 0.3) is 0 Å². The molecule has 3 rings (SSSR count). The minimum atomic E-state index is -0.407. The summed E-state index contributed by atoms with van der Waals surface area (Å²) in [6.07, 6.45) is 2.67. The number of aromatic nitrogens is 1. The fraction of sp³-hybridized carbons (Fsp3) is 0.769. The van der Waals surface area contributed by atoms with Crippen LogP contribution in [0.5, 0.6) is 0 Å². The first kappa shape index (κ1) is 12.9. The van der Waals surface area contributed by atoms with Crippen molar-refractivity contribution in [2.75, 3.05) is 18.1 Å². The molecule has 5 heteroatoms. The first-order valence-corrected chi connectivity index (χ1v) is 8.54. The fourth-order valence-electron chi connectivity index (χ4n) is 2.91. The summed E-state index contributed by atoms with van der Waals surface area (Å²) in [4.78, 5) is 4.42. The van der Waals surface area contributed by atoms with Crippen LogP contribution in [0.15, 0.2) is 5.38 Å². The summed E-state index contributed by atoms with van der Waals surface area (Å²) in [5, 5.41) is 13.4. The Hall–Kier alpha value is -0.100. The highest BCUT2D eigenvalue weighted by molar-refractivity contribution is 7.99. The minimum absolute atomic E-state index is 0.0425. The van der Waals surface area contributed by atoms with Crippen LogP contribution in [0, 0.1) is 12.8 Å². The van der Waals surface area contributed by atoms with Gasteiger partial charge in [-0.15, -0.1) is 11.3 Å². The maximum Gasteiger partial charge on any atom is 0.122 e. The number of aliphatic hydroxyl groups excluding tert-OH is 1. The molecule has 100 valence electrons. The zero-order chi connectivity index (χ0) is 12.6. The Kier molecular flexibility index (Phi) is 3.67. The highest BCUT2D eigenvalue weighted by Gasteiger charge is 2.42. The number of thiazole rings is 1. The lowest BCUT2D eigenvalue weighted by atomic mass is 9.82. The van der Waals surface area contributed by atoms with Crippen molar-refractivity contribution in [3.63, 3.8) is 0 Å². The first-order valence-electron chi connectivity index (χ1n) is 6.50. The van der Waals surface area contributed by atoms with Crippen molar-refractivity contribution in [1.29, 1.82) is 0 Å². The number of hydrogen-bond donors (Lipinski definition) is 1. The van der Waals surface area contributed by atoms with Crippen LogP contribution in [-0.2, 0) is 4.74 Å². The van der Waals surface area contributed by atoms with E-state index in [1.807, 2.05) is 24.1 Å². The van der Waals surface area contributed by atoms with Crippen molar-refractivity contribution in [2.45, 2.75) is 37.9 Å². The maximum atomic E-state index is 10.5. The summed E-state index contributed by atoms with van der Waals surface area (Å²) < 4.78 is 6.00. The molecular weight excluding hydrogens is 266 g/mol. The Labute approximate surface area is 116 Å². The van der Waals surface area contributed by atoms with Crippen LogP contribution in [0.1, 0.15) is 36.1 Å². The van der Waals surface area contributed by atoms with E-state index in [0.717, 1.165) is 42.3 Å². The van der Waals surface area contributed by atoms with Gasteiger partial charge in [0.15, 0.2) is 0 Å². The van der Waals surface area contributed by atoms with Gasteiger partial charge >= 0.3 is 0 Å². The monoisotopic (exact) mass is 285 g/mol. The van der Waals surface area contributed by atoms with E-state index < -0.39 is 6.10 Å². The summed E-state index contributed by atoms with van der Waals surface area (Å²) in [5.41, 5.74) is 1.05. The average molecular weight is 285 g/mol. The van der Waals surface area contributed by atoms with Gasteiger partial charge in [0, 0.05) is 23.4 Å². The lowest BCUT2D eigenvalue weighted by molar-refractivity contribution is -0.102. The van der Waals surface area contributed by atoms with Crippen molar-refractivity contribution in [3.05, 3.63) is 16.1 Å². The molecule has 3 unspecified atom stereocenters. The highest BCUT2D eigenvalue weighted by Crippen LogP contribution is 2.44. The second-order valence-corrected chi connectivity index (χ2v) is 7.35. The predicted octanol–water partition coefficient (Wildman–Crippen LogP) is 2.79. The molecule has 3 heterocycles. The van der Waals surface area contributed by atoms with E-state index in [9.17, 15) is 5.11 Å². The van der Waals surface area contributed by atoms with Crippen LogP contribution in [0.4, 0.5) is 0 Å². The highest BCUT2D eigenvalue weighted by atomic mass is 32.2. The molecule has 3 atom stereocenters. The first-order chi connectivity index (χ1) is 8.69. The summed E-state index contributed by atoms with van der Waals surface area (Å²) >= 11 is 3.55. The smallest absolute Gasteiger partial charge is 0.122 e. The molecule has 2 aliphatic heterocycles. The fourth-order valence-corrected chi connectivity index (χ4v) is 5.16. The van der Waals surface area contributed by atoms with Gasteiger partial charge in [0.2, 0.25) is 0 Å². The molecule has 0 aromatic carbocycles. The summed E-state index contributed by atoms with van der Waals surface area (Å²) in [5.74, 6) is 2.59. The molecule has 3 nitrogen and oxygen atoms in total. The van der Waals surface area contributed by atoms with Gasteiger partial charge in [-0.2, -0.15) is 11.8 Å². The Morgan fingerprint density at radius 1 is 1.61 bits per heavy atom. The summed E-state index contributed by atoms with van der Waals surface area (Å²) in [6, 6.07) is 0. The Balaban J connectivity index is 1.72. The summed E-state index contributed by atoms with van der Waals surface area (Å²) in [6.45, 7) is 2.76. The number of rotatable bonds is 2. The minimum Gasteiger partial charge on any atom is -0.386 e. The van der Waals surface area contributed by atoms with E-state index in [1.54, 1.807) is 11.3 Å². The van der Waals surface area contributed by atoms with Crippen molar-refractivity contribution in [2.24, 2.45) is 5.92 Å². The van der Waals surface area contributed by atoms with Crippen molar-refractivity contribution in [3.8, 4) is 0 Å². The molecule has 1 spiro atoms. The predicted molar refractivity (Wildman–Crippen MR) is 75.2 cm³/mol. The van der Waals surface area contributed by atoms with E-state index in [0.29, 0.717) is 5.92 Å². The van der Waals surface area contributed by atoms with Gasteiger partial charge in [-0.3, -0.25) is 0 Å². The van der Waals surface area contributed by atoms with Gasteiger partial charge < -0.3 is 9.84 Å². The van der Waals surface area contributed by atoms with Crippen molar-refractivity contribution in [1.82, 2.24) is 4.98 Å². The molecule has 0 saturated carbocycles. The molecule has 1 aromatic rings. The van der Waals surface area contributed by atoms with Crippen molar-refractivity contribution >= 4 is 23.1 Å². The number of thioether (sulfide) groups is 1. The van der Waals surface area contributed by atoms with Gasteiger partial charge in [-0.25, -0.2) is 4.98 Å². The number of ether oxygens (including phenoxy) is 1. The molecule has 0 amide bonds. The van der Waals surface area contributed by atoms with E-state index in [1.165, 1.54) is 5.75 Å². The lowest BCUT2D eigenvalue weighted by Gasteiger charge is -2.39. The third-order valence-electron chi connectivity index (χ3n) is 3.93.